The summed E-state index contributed by atoms with van der Waals surface area (Å²) in [6, 6.07) is 3.53. The molecule has 20 heavy (non-hydrogen) atoms. The minimum Gasteiger partial charge on any atom is -0.481 e. The lowest BCUT2D eigenvalue weighted by Crippen LogP contribution is -2.37. The van der Waals surface area contributed by atoms with Gasteiger partial charge in [0.25, 0.3) is 5.91 Å². The summed E-state index contributed by atoms with van der Waals surface area (Å²) in [4.78, 5) is 29.6. The van der Waals surface area contributed by atoms with Crippen LogP contribution in [0.5, 0.6) is 0 Å². The first-order valence-corrected chi connectivity index (χ1v) is 6.94. The SMILES string of the molecule is CCCC1(C(=O)O)CCN(C(=O)c2ccc(C)nc2)C1. The van der Waals surface area contributed by atoms with E-state index >= 15 is 0 Å². The van der Waals surface area contributed by atoms with Gasteiger partial charge in [-0.1, -0.05) is 13.3 Å². The molecule has 0 saturated carbocycles. The first-order valence-electron chi connectivity index (χ1n) is 6.94. The van der Waals surface area contributed by atoms with Crippen molar-refractivity contribution >= 4 is 11.9 Å². The second-order valence-electron chi connectivity index (χ2n) is 5.50. The van der Waals surface area contributed by atoms with E-state index in [4.69, 9.17) is 0 Å². The zero-order valence-electron chi connectivity index (χ0n) is 11.9. The average molecular weight is 276 g/mol. The van der Waals surface area contributed by atoms with Crippen LogP contribution in [0.4, 0.5) is 0 Å². The van der Waals surface area contributed by atoms with Gasteiger partial charge in [0.2, 0.25) is 0 Å². The van der Waals surface area contributed by atoms with Crippen molar-refractivity contribution in [3.8, 4) is 0 Å². The highest BCUT2D eigenvalue weighted by Crippen LogP contribution is 2.36. The Morgan fingerprint density at radius 3 is 2.75 bits per heavy atom. The normalized spacial score (nSPS) is 22.0. The summed E-state index contributed by atoms with van der Waals surface area (Å²) >= 11 is 0. The van der Waals surface area contributed by atoms with E-state index in [0.29, 0.717) is 31.5 Å². The van der Waals surface area contributed by atoms with Crippen molar-refractivity contribution in [2.75, 3.05) is 13.1 Å². The topological polar surface area (TPSA) is 70.5 Å². The molecular weight excluding hydrogens is 256 g/mol. The van der Waals surface area contributed by atoms with Crippen molar-refractivity contribution < 1.29 is 14.7 Å². The molecule has 1 unspecified atom stereocenters. The highest BCUT2D eigenvalue weighted by molar-refractivity contribution is 5.94. The van der Waals surface area contributed by atoms with Crippen molar-refractivity contribution in [2.24, 2.45) is 5.41 Å². The molecule has 108 valence electrons. The predicted molar refractivity (Wildman–Crippen MR) is 74.5 cm³/mol. The molecule has 2 rings (SSSR count). The first kappa shape index (κ1) is 14.5. The van der Waals surface area contributed by atoms with Crippen molar-refractivity contribution in [1.82, 2.24) is 9.88 Å². The van der Waals surface area contributed by atoms with E-state index in [1.165, 1.54) is 0 Å². The fraction of sp³-hybridized carbons (Fsp3) is 0.533. The summed E-state index contributed by atoms with van der Waals surface area (Å²) in [7, 11) is 0. The fourth-order valence-corrected chi connectivity index (χ4v) is 2.79. The Hall–Kier alpha value is -1.91. The number of nitrogens with zero attached hydrogens (tertiary/aromatic N) is 2. The molecular formula is C15H20N2O3. The molecule has 1 amide bonds. The van der Waals surface area contributed by atoms with Gasteiger partial charge in [-0.25, -0.2) is 0 Å². The largest absolute Gasteiger partial charge is 0.481 e. The second kappa shape index (κ2) is 5.61. The smallest absolute Gasteiger partial charge is 0.311 e. The fourth-order valence-electron chi connectivity index (χ4n) is 2.79. The highest BCUT2D eigenvalue weighted by atomic mass is 16.4. The lowest BCUT2D eigenvalue weighted by molar-refractivity contribution is -0.148. The summed E-state index contributed by atoms with van der Waals surface area (Å²) in [5, 5.41) is 9.45. The number of hydrogen-bond acceptors (Lipinski definition) is 3. The molecule has 1 aromatic rings. The van der Waals surface area contributed by atoms with Gasteiger partial charge in [0.05, 0.1) is 11.0 Å². The van der Waals surface area contributed by atoms with E-state index < -0.39 is 11.4 Å². The number of rotatable bonds is 4. The van der Waals surface area contributed by atoms with Crippen molar-refractivity contribution in [2.45, 2.75) is 33.1 Å². The third-order valence-corrected chi connectivity index (χ3v) is 3.98. The number of pyridine rings is 1. The number of hydrogen-bond donors (Lipinski definition) is 1. The van der Waals surface area contributed by atoms with Crippen LogP contribution in [0.15, 0.2) is 18.3 Å². The number of aliphatic carboxylic acids is 1. The Balaban J connectivity index is 2.14. The molecule has 1 fully saturated rings. The Morgan fingerprint density at radius 1 is 1.45 bits per heavy atom. The van der Waals surface area contributed by atoms with Gasteiger partial charge in [0, 0.05) is 25.0 Å². The molecule has 1 atom stereocenters. The van der Waals surface area contributed by atoms with E-state index in [1.54, 1.807) is 23.2 Å². The number of likely N-dealkylation sites (tertiary alicyclic amines) is 1. The standard InChI is InChI=1S/C15H20N2O3/c1-3-6-15(14(19)20)7-8-17(10-15)13(18)12-5-4-11(2)16-9-12/h4-5,9H,3,6-8,10H2,1-2H3,(H,19,20). The Kier molecular flexibility index (Phi) is 4.06. The van der Waals surface area contributed by atoms with Crippen molar-refractivity contribution in [3.05, 3.63) is 29.6 Å². The van der Waals surface area contributed by atoms with Crippen LogP contribution in [0.1, 0.15) is 42.2 Å². The molecule has 0 aromatic carbocycles. The lowest BCUT2D eigenvalue weighted by atomic mass is 9.83. The number of carbonyl (C=O) groups is 2. The zero-order chi connectivity index (χ0) is 14.8. The number of aromatic nitrogens is 1. The third-order valence-electron chi connectivity index (χ3n) is 3.98. The molecule has 5 heteroatoms. The van der Waals surface area contributed by atoms with Crippen LogP contribution >= 0.6 is 0 Å². The number of carboxylic acids is 1. The maximum absolute atomic E-state index is 12.4. The van der Waals surface area contributed by atoms with E-state index in [1.807, 2.05) is 13.8 Å². The summed E-state index contributed by atoms with van der Waals surface area (Å²) < 4.78 is 0. The van der Waals surface area contributed by atoms with Gasteiger partial charge in [-0.05, 0) is 31.9 Å². The molecule has 0 aliphatic carbocycles. The number of amides is 1. The molecule has 5 nitrogen and oxygen atoms in total. The Morgan fingerprint density at radius 2 is 2.20 bits per heavy atom. The molecule has 0 bridgehead atoms. The van der Waals surface area contributed by atoms with Gasteiger partial charge < -0.3 is 10.0 Å². The maximum Gasteiger partial charge on any atom is 0.311 e. The minimum atomic E-state index is -0.795. The van der Waals surface area contributed by atoms with Crippen LogP contribution in [0.3, 0.4) is 0 Å². The van der Waals surface area contributed by atoms with Crippen molar-refractivity contribution in [1.29, 1.82) is 0 Å². The Labute approximate surface area is 118 Å². The number of carboxylic acid groups (broad SMARTS) is 1. The summed E-state index contributed by atoms with van der Waals surface area (Å²) in [6.07, 6.45) is 3.50. The third kappa shape index (κ3) is 2.66. The van der Waals surface area contributed by atoms with Crippen LogP contribution in [-0.4, -0.2) is 40.0 Å². The number of aryl methyl sites for hydroxylation is 1. The van der Waals surface area contributed by atoms with Gasteiger partial charge >= 0.3 is 5.97 Å². The van der Waals surface area contributed by atoms with Gasteiger partial charge in [-0.15, -0.1) is 0 Å². The van der Waals surface area contributed by atoms with Crippen molar-refractivity contribution in [3.63, 3.8) is 0 Å². The maximum atomic E-state index is 12.4. The van der Waals surface area contributed by atoms with Crippen LogP contribution in [0, 0.1) is 12.3 Å². The summed E-state index contributed by atoms with van der Waals surface area (Å²) in [5.41, 5.74) is 0.602. The van der Waals surface area contributed by atoms with E-state index in [9.17, 15) is 14.7 Å². The van der Waals surface area contributed by atoms with Crippen LogP contribution in [-0.2, 0) is 4.79 Å². The van der Waals surface area contributed by atoms with Crippen LogP contribution in [0.25, 0.3) is 0 Å². The molecule has 1 aliphatic heterocycles. The summed E-state index contributed by atoms with van der Waals surface area (Å²) in [5.74, 6) is -0.923. The van der Waals surface area contributed by atoms with Gasteiger partial charge in [0.15, 0.2) is 0 Å². The Bertz CT molecular complexity index is 512. The van der Waals surface area contributed by atoms with Gasteiger partial charge in [-0.2, -0.15) is 0 Å². The van der Waals surface area contributed by atoms with Gasteiger partial charge in [0.1, 0.15) is 0 Å². The van der Waals surface area contributed by atoms with Crippen LogP contribution in [0.2, 0.25) is 0 Å². The molecule has 1 aromatic heterocycles. The zero-order valence-corrected chi connectivity index (χ0v) is 11.9. The molecule has 1 N–H and O–H groups in total. The van der Waals surface area contributed by atoms with Gasteiger partial charge in [-0.3, -0.25) is 14.6 Å². The van der Waals surface area contributed by atoms with E-state index in [0.717, 1.165) is 12.1 Å². The molecule has 1 saturated heterocycles. The molecule has 0 radical (unpaired) electrons. The monoisotopic (exact) mass is 276 g/mol. The van der Waals surface area contributed by atoms with Crippen LogP contribution < -0.4 is 0 Å². The average Bonchev–Trinajstić information content (AvgIpc) is 2.85. The summed E-state index contributed by atoms with van der Waals surface area (Å²) in [6.45, 7) is 4.63. The highest BCUT2D eigenvalue weighted by Gasteiger charge is 2.45. The van der Waals surface area contributed by atoms with E-state index in [2.05, 4.69) is 4.98 Å². The van der Waals surface area contributed by atoms with E-state index in [-0.39, 0.29) is 5.91 Å². The predicted octanol–water partition coefficient (Wildman–Crippen LogP) is 2.11. The lowest BCUT2D eigenvalue weighted by Gasteiger charge is -2.24. The molecule has 2 heterocycles. The minimum absolute atomic E-state index is 0.128. The first-order chi connectivity index (χ1) is 9.48. The number of carbonyl (C=O) groups excluding carboxylic acids is 1. The quantitative estimate of drug-likeness (QED) is 0.914. The molecule has 0 spiro atoms. The molecule has 1 aliphatic rings. The second-order valence-corrected chi connectivity index (χ2v) is 5.50.